The number of hydrogen-bond acceptors (Lipinski definition) is 2. The van der Waals surface area contributed by atoms with Crippen LogP contribution in [0.2, 0.25) is 0 Å². The highest BCUT2D eigenvalue weighted by atomic mass is 32.1. The van der Waals surface area contributed by atoms with Gasteiger partial charge in [-0.3, -0.25) is 0 Å². The van der Waals surface area contributed by atoms with Gasteiger partial charge in [-0.2, -0.15) is 0 Å². The summed E-state index contributed by atoms with van der Waals surface area (Å²) in [5, 5.41) is 5.36. The molecule has 1 N–H and O–H groups in total. The largest absolute Gasteiger partial charge is 0.319 e. The summed E-state index contributed by atoms with van der Waals surface area (Å²) in [5.41, 5.74) is 2.76. The van der Waals surface area contributed by atoms with Gasteiger partial charge < -0.3 is 5.32 Å². The van der Waals surface area contributed by atoms with E-state index in [0.29, 0.717) is 0 Å². The zero-order valence-corrected chi connectivity index (χ0v) is 9.37. The Morgan fingerprint density at radius 2 is 2.38 bits per heavy atom. The van der Waals surface area contributed by atoms with E-state index in [4.69, 9.17) is 0 Å². The van der Waals surface area contributed by atoms with Crippen LogP contribution in [0.1, 0.15) is 23.8 Å². The lowest BCUT2D eigenvalue weighted by Gasteiger charge is -1.97. The number of aryl methyl sites for hydroxylation is 1. The molecule has 2 heteroatoms. The first kappa shape index (κ1) is 10.5. The first-order chi connectivity index (χ1) is 6.24. The second-order valence-electron chi connectivity index (χ2n) is 3.23. The molecule has 0 atom stereocenters. The summed E-state index contributed by atoms with van der Waals surface area (Å²) < 4.78 is 0. The summed E-state index contributed by atoms with van der Waals surface area (Å²) in [6, 6.07) is 2.25. The fraction of sp³-hybridized carbons (Fsp3) is 0.455. The third-order valence-electron chi connectivity index (χ3n) is 2.03. The molecule has 0 bridgehead atoms. The van der Waals surface area contributed by atoms with Gasteiger partial charge in [-0.25, -0.2) is 0 Å². The van der Waals surface area contributed by atoms with Gasteiger partial charge in [-0.1, -0.05) is 6.08 Å². The predicted molar refractivity (Wildman–Crippen MR) is 61.3 cm³/mol. The van der Waals surface area contributed by atoms with E-state index in [1.54, 1.807) is 0 Å². The fourth-order valence-corrected chi connectivity index (χ4v) is 1.96. The van der Waals surface area contributed by atoms with E-state index in [9.17, 15) is 0 Å². The van der Waals surface area contributed by atoms with Crippen LogP contribution in [0.4, 0.5) is 0 Å². The molecule has 1 heterocycles. The molecule has 0 saturated carbocycles. The van der Waals surface area contributed by atoms with Crippen molar-refractivity contribution in [3.8, 4) is 0 Å². The molecule has 0 saturated heterocycles. The zero-order chi connectivity index (χ0) is 9.68. The van der Waals surface area contributed by atoms with Gasteiger partial charge in [-0.15, -0.1) is 11.3 Å². The molecule has 0 aliphatic carbocycles. The van der Waals surface area contributed by atoms with Crippen molar-refractivity contribution < 1.29 is 0 Å². The Morgan fingerprint density at radius 1 is 1.62 bits per heavy atom. The number of thiophene rings is 1. The van der Waals surface area contributed by atoms with Crippen LogP contribution in [-0.2, 0) is 0 Å². The second kappa shape index (κ2) is 5.20. The Labute approximate surface area is 84.5 Å². The van der Waals surface area contributed by atoms with Crippen molar-refractivity contribution in [2.24, 2.45) is 0 Å². The maximum Gasteiger partial charge on any atom is 0.00204 e. The third-order valence-corrected chi connectivity index (χ3v) is 2.89. The number of hydrogen-bond donors (Lipinski definition) is 1. The first-order valence-corrected chi connectivity index (χ1v) is 5.49. The lowest BCUT2D eigenvalue weighted by molar-refractivity contribution is 0.808. The van der Waals surface area contributed by atoms with Gasteiger partial charge >= 0.3 is 0 Å². The van der Waals surface area contributed by atoms with Crippen LogP contribution in [-0.4, -0.2) is 13.6 Å². The van der Waals surface area contributed by atoms with Gasteiger partial charge in [0, 0.05) is 4.88 Å². The van der Waals surface area contributed by atoms with Crippen molar-refractivity contribution in [3.63, 3.8) is 0 Å². The number of nitrogens with one attached hydrogen (secondary N) is 1. The van der Waals surface area contributed by atoms with Crippen molar-refractivity contribution in [2.75, 3.05) is 13.6 Å². The summed E-state index contributed by atoms with van der Waals surface area (Å²) in [6.07, 6.45) is 3.40. The van der Waals surface area contributed by atoms with Crippen LogP contribution in [0, 0.1) is 6.92 Å². The Bertz CT molecular complexity index is 286. The first-order valence-electron chi connectivity index (χ1n) is 4.61. The lowest BCUT2D eigenvalue weighted by Crippen LogP contribution is -2.05. The van der Waals surface area contributed by atoms with E-state index >= 15 is 0 Å². The monoisotopic (exact) mass is 195 g/mol. The molecule has 0 aromatic carbocycles. The summed E-state index contributed by atoms with van der Waals surface area (Å²) in [6.45, 7) is 5.38. The molecular formula is C11H17NS. The van der Waals surface area contributed by atoms with Crippen molar-refractivity contribution in [2.45, 2.75) is 20.3 Å². The molecule has 1 aromatic heterocycles. The summed E-state index contributed by atoms with van der Waals surface area (Å²) >= 11 is 1.82. The highest BCUT2D eigenvalue weighted by Crippen LogP contribution is 2.20. The third kappa shape index (κ3) is 3.33. The minimum atomic E-state index is 1.06. The normalized spacial score (nSPS) is 12.1. The van der Waals surface area contributed by atoms with E-state index in [1.165, 1.54) is 16.0 Å². The average molecular weight is 195 g/mol. The molecule has 1 nitrogen and oxygen atoms in total. The van der Waals surface area contributed by atoms with Crippen molar-refractivity contribution in [1.82, 2.24) is 5.32 Å². The Morgan fingerprint density at radius 3 is 2.92 bits per heavy atom. The molecular weight excluding hydrogens is 178 g/mol. The maximum absolute atomic E-state index is 3.14. The standard InChI is InChI=1S/C11H17NS/c1-9(5-4-6-12-3)11-7-10(2)13-8-11/h5,7-8,12H,4,6H2,1-3H3. The molecule has 1 rings (SSSR count). The van der Waals surface area contributed by atoms with Gasteiger partial charge in [0.2, 0.25) is 0 Å². The van der Waals surface area contributed by atoms with E-state index in [-0.39, 0.29) is 0 Å². The van der Waals surface area contributed by atoms with Crippen molar-refractivity contribution in [1.29, 1.82) is 0 Å². The van der Waals surface area contributed by atoms with Crippen LogP contribution in [0.25, 0.3) is 5.57 Å². The van der Waals surface area contributed by atoms with Crippen LogP contribution in [0.5, 0.6) is 0 Å². The average Bonchev–Trinajstić information content (AvgIpc) is 2.52. The van der Waals surface area contributed by atoms with Gasteiger partial charge in [0.25, 0.3) is 0 Å². The molecule has 0 aliphatic heterocycles. The predicted octanol–water partition coefficient (Wildman–Crippen LogP) is 3.07. The van der Waals surface area contributed by atoms with Crippen LogP contribution >= 0.6 is 11.3 Å². The fourth-order valence-electron chi connectivity index (χ4n) is 1.20. The smallest absolute Gasteiger partial charge is 0.00204 e. The highest BCUT2D eigenvalue weighted by molar-refractivity contribution is 7.10. The number of allylic oxidation sites excluding steroid dienone is 1. The summed E-state index contributed by atoms with van der Waals surface area (Å²) in [5.74, 6) is 0. The van der Waals surface area contributed by atoms with E-state index in [0.717, 1.165) is 13.0 Å². The minimum absolute atomic E-state index is 1.06. The van der Waals surface area contributed by atoms with Gasteiger partial charge in [0.05, 0.1) is 0 Å². The minimum Gasteiger partial charge on any atom is -0.319 e. The van der Waals surface area contributed by atoms with Crippen molar-refractivity contribution >= 4 is 16.9 Å². The van der Waals surface area contributed by atoms with Gasteiger partial charge in [0.15, 0.2) is 0 Å². The molecule has 0 unspecified atom stereocenters. The molecule has 0 radical (unpaired) electrons. The summed E-state index contributed by atoms with van der Waals surface area (Å²) in [4.78, 5) is 1.39. The Hall–Kier alpha value is -0.600. The van der Waals surface area contributed by atoms with E-state index in [2.05, 4.69) is 36.7 Å². The molecule has 0 spiro atoms. The van der Waals surface area contributed by atoms with Crippen molar-refractivity contribution in [3.05, 3.63) is 28.0 Å². The van der Waals surface area contributed by atoms with Gasteiger partial charge in [0.1, 0.15) is 0 Å². The zero-order valence-electron chi connectivity index (χ0n) is 8.55. The van der Waals surface area contributed by atoms with Crippen LogP contribution in [0.15, 0.2) is 17.5 Å². The summed E-state index contributed by atoms with van der Waals surface area (Å²) in [7, 11) is 1.98. The van der Waals surface area contributed by atoms with Gasteiger partial charge in [-0.05, 0) is 56.4 Å². The molecule has 1 aromatic rings. The Balaban J connectivity index is 2.56. The molecule has 13 heavy (non-hydrogen) atoms. The molecule has 0 aliphatic rings. The highest BCUT2D eigenvalue weighted by Gasteiger charge is 1.97. The van der Waals surface area contributed by atoms with E-state index in [1.807, 2.05) is 18.4 Å². The van der Waals surface area contributed by atoms with Crippen LogP contribution in [0.3, 0.4) is 0 Å². The molecule has 72 valence electrons. The topological polar surface area (TPSA) is 12.0 Å². The maximum atomic E-state index is 3.14. The van der Waals surface area contributed by atoms with E-state index < -0.39 is 0 Å². The molecule has 0 fully saturated rings. The SMILES string of the molecule is CNCCC=C(C)c1csc(C)c1. The quantitative estimate of drug-likeness (QED) is 0.728. The second-order valence-corrected chi connectivity index (χ2v) is 4.34. The number of rotatable bonds is 4. The molecule has 0 amide bonds. The van der Waals surface area contributed by atoms with Crippen LogP contribution < -0.4 is 5.32 Å². The Kier molecular flexibility index (Phi) is 4.19. The lowest BCUT2D eigenvalue weighted by atomic mass is 10.1.